The first-order valence-electron chi connectivity index (χ1n) is 5.31. The highest BCUT2D eigenvalue weighted by Gasteiger charge is 2.37. The summed E-state index contributed by atoms with van der Waals surface area (Å²) >= 11 is 0. The molecule has 74 valence electrons. The van der Waals surface area contributed by atoms with Crippen LogP contribution in [0.1, 0.15) is 46.5 Å². The first-order valence-corrected chi connectivity index (χ1v) is 5.31. The molecule has 1 saturated carbocycles. The standard InChI is InChI=1S/C11H20N2/c1-4-10(3)13-11(8-12)6-5-9(2)7-11/h9-10,13H,4-7H2,1-3H3. The Labute approximate surface area is 81.3 Å². The average Bonchev–Trinajstić information content (AvgIpc) is 2.48. The molecule has 0 radical (unpaired) electrons. The molecule has 1 aliphatic rings. The predicted octanol–water partition coefficient (Wildman–Crippen LogP) is 2.46. The zero-order chi connectivity index (χ0) is 9.90. The van der Waals surface area contributed by atoms with E-state index in [4.69, 9.17) is 5.26 Å². The van der Waals surface area contributed by atoms with Crippen LogP contribution in [0.4, 0.5) is 0 Å². The maximum Gasteiger partial charge on any atom is 0.107 e. The Morgan fingerprint density at radius 1 is 1.69 bits per heavy atom. The van der Waals surface area contributed by atoms with Gasteiger partial charge in [-0.2, -0.15) is 5.26 Å². The van der Waals surface area contributed by atoms with Gasteiger partial charge in [-0.15, -0.1) is 0 Å². The number of nitrogens with zero attached hydrogens (tertiary/aromatic N) is 1. The van der Waals surface area contributed by atoms with Crippen LogP contribution in [0.2, 0.25) is 0 Å². The number of nitriles is 1. The van der Waals surface area contributed by atoms with Crippen molar-refractivity contribution in [3.63, 3.8) is 0 Å². The Morgan fingerprint density at radius 3 is 2.77 bits per heavy atom. The molecular formula is C11H20N2. The van der Waals surface area contributed by atoms with Gasteiger partial charge in [0, 0.05) is 6.04 Å². The van der Waals surface area contributed by atoms with Crippen molar-refractivity contribution in [1.82, 2.24) is 5.32 Å². The number of hydrogen-bond acceptors (Lipinski definition) is 2. The van der Waals surface area contributed by atoms with E-state index < -0.39 is 0 Å². The number of hydrogen-bond donors (Lipinski definition) is 1. The fourth-order valence-electron chi connectivity index (χ4n) is 2.13. The summed E-state index contributed by atoms with van der Waals surface area (Å²) in [6.07, 6.45) is 4.33. The van der Waals surface area contributed by atoms with Crippen molar-refractivity contribution < 1.29 is 0 Å². The monoisotopic (exact) mass is 180 g/mol. The van der Waals surface area contributed by atoms with E-state index in [2.05, 4.69) is 32.2 Å². The second-order valence-electron chi connectivity index (χ2n) is 4.50. The largest absolute Gasteiger partial charge is 0.297 e. The molecule has 0 bridgehead atoms. The van der Waals surface area contributed by atoms with Crippen molar-refractivity contribution in [1.29, 1.82) is 5.26 Å². The van der Waals surface area contributed by atoms with E-state index in [1.807, 2.05) is 0 Å². The van der Waals surface area contributed by atoms with Crippen molar-refractivity contribution in [3.8, 4) is 6.07 Å². The lowest BCUT2D eigenvalue weighted by molar-refractivity contribution is 0.357. The molecule has 3 unspecified atom stereocenters. The van der Waals surface area contributed by atoms with E-state index in [-0.39, 0.29) is 5.54 Å². The van der Waals surface area contributed by atoms with Crippen LogP contribution in [0.3, 0.4) is 0 Å². The summed E-state index contributed by atoms with van der Waals surface area (Å²) in [4.78, 5) is 0. The molecule has 1 rings (SSSR count). The Bertz CT molecular complexity index is 207. The highest BCUT2D eigenvalue weighted by Crippen LogP contribution is 2.34. The van der Waals surface area contributed by atoms with Gasteiger partial charge in [0.05, 0.1) is 6.07 Å². The van der Waals surface area contributed by atoms with Crippen LogP contribution in [0.15, 0.2) is 0 Å². The van der Waals surface area contributed by atoms with Crippen LogP contribution in [-0.4, -0.2) is 11.6 Å². The third-order valence-electron chi connectivity index (χ3n) is 3.11. The molecule has 1 aliphatic carbocycles. The molecule has 1 N–H and O–H groups in total. The molecule has 2 heteroatoms. The van der Waals surface area contributed by atoms with E-state index in [9.17, 15) is 0 Å². The predicted molar refractivity (Wildman–Crippen MR) is 54.2 cm³/mol. The normalized spacial score (nSPS) is 35.7. The van der Waals surface area contributed by atoms with Gasteiger partial charge in [-0.1, -0.05) is 13.8 Å². The van der Waals surface area contributed by atoms with E-state index in [1.165, 1.54) is 6.42 Å². The Hall–Kier alpha value is -0.550. The highest BCUT2D eigenvalue weighted by atomic mass is 15.0. The molecule has 13 heavy (non-hydrogen) atoms. The van der Waals surface area contributed by atoms with Crippen LogP contribution in [0.5, 0.6) is 0 Å². The molecule has 0 spiro atoms. The summed E-state index contributed by atoms with van der Waals surface area (Å²) in [7, 11) is 0. The summed E-state index contributed by atoms with van der Waals surface area (Å²) in [6.45, 7) is 6.54. The van der Waals surface area contributed by atoms with Crippen LogP contribution in [0, 0.1) is 17.2 Å². The lowest BCUT2D eigenvalue weighted by Gasteiger charge is -2.26. The second-order valence-corrected chi connectivity index (χ2v) is 4.50. The lowest BCUT2D eigenvalue weighted by atomic mass is 9.96. The third kappa shape index (κ3) is 2.45. The minimum Gasteiger partial charge on any atom is -0.297 e. The fourth-order valence-corrected chi connectivity index (χ4v) is 2.13. The zero-order valence-corrected chi connectivity index (χ0v) is 8.93. The lowest BCUT2D eigenvalue weighted by Crippen LogP contribution is -2.46. The van der Waals surface area contributed by atoms with E-state index in [0.717, 1.165) is 19.3 Å². The first-order chi connectivity index (χ1) is 6.12. The first kappa shape index (κ1) is 10.5. The van der Waals surface area contributed by atoms with Crippen molar-refractivity contribution in [2.75, 3.05) is 0 Å². The molecule has 0 heterocycles. The summed E-state index contributed by atoms with van der Waals surface area (Å²) in [5, 5.41) is 12.6. The molecule has 0 aliphatic heterocycles. The molecule has 0 saturated heterocycles. The molecule has 0 aromatic carbocycles. The third-order valence-corrected chi connectivity index (χ3v) is 3.11. The minimum atomic E-state index is -0.213. The highest BCUT2D eigenvalue weighted by molar-refractivity contribution is 5.11. The van der Waals surface area contributed by atoms with E-state index in [0.29, 0.717) is 12.0 Å². The van der Waals surface area contributed by atoms with Crippen LogP contribution in [-0.2, 0) is 0 Å². The van der Waals surface area contributed by atoms with Gasteiger partial charge in [-0.25, -0.2) is 0 Å². The van der Waals surface area contributed by atoms with Gasteiger partial charge < -0.3 is 0 Å². The van der Waals surface area contributed by atoms with Gasteiger partial charge in [0.25, 0.3) is 0 Å². The Kier molecular flexibility index (Phi) is 3.33. The molecule has 0 amide bonds. The quantitative estimate of drug-likeness (QED) is 0.724. The van der Waals surface area contributed by atoms with E-state index >= 15 is 0 Å². The van der Waals surface area contributed by atoms with E-state index in [1.54, 1.807) is 0 Å². The molecule has 0 aromatic heterocycles. The van der Waals surface area contributed by atoms with Crippen LogP contribution < -0.4 is 5.32 Å². The van der Waals surface area contributed by atoms with Gasteiger partial charge in [-0.3, -0.25) is 5.32 Å². The molecule has 1 fully saturated rings. The van der Waals surface area contributed by atoms with Gasteiger partial charge >= 0.3 is 0 Å². The maximum absolute atomic E-state index is 9.17. The van der Waals surface area contributed by atoms with Crippen molar-refractivity contribution in [2.45, 2.75) is 58.0 Å². The van der Waals surface area contributed by atoms with Crippen LogP contribution >= 0.6 is 0 Å². The van der Waals surface area contributed by atoms with Gasteiger partial charge in [0.1, 0.15) is 5.54 Å². The molecule has 3 atom stereocenters. The zero-order valence-electron chi connectivity index (χ0n) is 8.93. The Morgan fingerprint density at radius 2 is 2.38 bits per heavy atom. The molecule has 0 aromatic rings. The smallest absolute Gasteiger partial charge is 0.107 e. The summed E-state index contributed by atoms with van der Waals surface area (Å²) < 4.78 is 0. The SMILES string of the molecule is CCC(C)NC1(C#N)CCC(C)C1. The maximum atomic E-state index is 9.17. The van der Waals surface area contributed by atoms with Gasteiger partial charge in [0.2, 0.25) is 0 Å². The minimum absolute atomic E-state index is 0.213. The number of nitrogens with one attached hydrogen (secondary N) is 1. The molecular weight excluding hydrogens is 160 g/mol. The van der Waals surface area contributed by atoms with Crippen LogP contribution in [0.25, 0.3) is 0 Å². The average molecular weight is 180 g/mol. The topological polar surface area (TPSA) is 35.8 Å². The molecule has 2 nitrogen and oxygen atoms in total. The summed E-state index contributed by atoms with van der Waals surface area (Å²) in [5.74, 6) is 0.705. The summed E-state index contributed by atoms with van der Waals surface area (Å²) in [6, 6.07) is 2.92. The Balaban J connectivity index is 2.57. The van der Waals surface area contributed by atoms with Crippen molar-refractivity contribution >= 4 is 0 Å². The van der Waals surface area contributed by atoms with Crippen molar-refractivity contribution in [3.05, 3.63) is 0 Å². The van der Waals surface area contributed by atoms with Crippen molar-refractivity contribution in [2.24, 2.45) is 5.92 Å². The summed E-state index contributed by atoms with van der Waals surface area (Å²) in [5.41, 5.74) is -0.213. The fraction of sp³-hybridized carbons (Fsp3) is 0.909. The number of rotatable bonds is 3. The second kappa shape index (κ2) is 4.11. The van der Waals surface area contributed by atoms with Gasteiger partial charge in [0.15, 0.2) is 0 Å². The van der Waals surface area contributed by atoms with Gasteiger partial charge in [-0.05, 0) is 38.5 Å².